The van der Waals surface area contributed by atoms with E-state index in [2.05, 4.69) is 25.3 Å². The number of rotatable bonds is 3. The van der Waals surface area contributed by atoms with Crippen LogP contribution in [0.25, 0.3) is 0 Å². The highest BCUT2D eigenvalue weighted by Crippen LogP contribution is 2.26. The van der Waals surface area contributed by atoms with Gasteiger partial charge in [-0.15, -0.1) is 0 Å². The van der Waals surface area contributed by atoms with Crippen molar-refractivity contribution in [1.82, 2.24) is 24.8 Å². The first-order valence-electron chi connectivity index (χ1n) is 7.96. The molecule has 0 radical (unpaired) electrons. The number of nitrogens with zero attached hydrogens (tertiary/aromatic N) is 5. The number of fused-ring (bicyclic) bond motifs is 1. The van der Waals surface area contributed by atoms with Crippen molar-refractivity contribution >= 4 is 11.7 Å². The molecule has 3 heterocycles. The number of likely N-dealkylation sites (tertiary alicyclic amines) is 1. The average Bonchev–Trinajstić information content (AvgIpc) is 3.25. The van der Waals surface area contributed by atoms with E-state index in [1.54, 1.807) is 18.7 Å². The lowest BCUT2D eigenvalue weighted by Gasteiger charge is -2.18. The number of amides is 1. The third kappa shape index (κ3) is 2.74. The van der Waals surface area contributed by atoms with Crippen molar-refractivity contribution in [2.24, 2.45) is 0 Å². The molecule has 0 aromatic carbocycles. The highest BCUT2D eigenvalue weighted by atomic mass is 16.2. The fraction of sp³-hybridized carbons (Fsp3) is 0.438. The largest absolute Gasteiger partial charge is 0.365 e. The summed E-state index contributed by atoms with van der Waals surface area (Å²) in [6.45, 7) is 1.38. The van der Waals surface area contributed by atoms with Gasteiger partial charge in [0, 0.05) is 42.8 Å². The molecule has 2 aromatic heterocycles. The van der Waals surface area contributed by atoms with Crippen LogP contribution in [0.3, 0.4) is 0 Å². The second-order valence-corrected chi connectivity index (χ2v) is 5.97. The van der Waals surface area contributed by atoms with Crippen LogP contribution in [0.4, 0.5) is 5.82 Å². The molecule has 0 saturated carbocycles. The predicted octanol–water partition coefficient (Wildman–Crippen LogP) is 1.08. The van der Waals surface area contributed by atoms with Crippen LogP contribution < -0.4 is 5.32 Å². The van der Waals surface area contributed by atoms with Gasteiger partial charge in [-0.1, -0.05) is 0 Å². The van der Waals surface area contributed by atoms with Crippen LogP contribution >= 0.6 is 0 Å². The van der Waals surface area contributed by atoms with Gasteiger partial charge in [0.15, 0.2) is 0 Å². The zero-order valence-electron chi connectivity index (χ0n) is 12.8. The molecule has 1 fully saturated rings. The van der Waals surface area contributed by atoms with Gasteiger partial charge < -0.3 is 10.2 Å². The van der Waals surface area contributed by atoms with Crippen LogP contribution in [0.2, 0.25) is 0 Å². The van der Waals surface area contributed by atoms with Gasteiger partial charge in [-0.2, -0.15) is 0 Å². The second-order valence-electron chi connectivity index (χ2n) is 5.97. The number of carbonyl (C=O) groups excluding carboxylic acids is 1. The Hall–Kier alpha value is -2.57. The molecule has 1 atom stereocenters. The molecule has 2 aromatic rings. The lowest BCUT2D eigenvalue weighted by Crippen LogP contribution is -2.32. The molecule has 2 aliphatic rings. The van der Waals surface area contributed by atoms with E-state index in [-0.39, 0.29) is 11.9 Å². The maximum absolute atomic E-state index is 12.4. The zero-order chi connectivity index (χ0) is 15.6. The second kappa shape index (κ2) is 5.91. The maximum atomic E-state index is 12.4. The molecule has 1 N–H and O–H groups in total. The van der Waals surface area contributed by atoms with E-state index in [1.165, 1.54) is 11.8 Å². The topological polar surface area (TPSA) is 83.9 Å². The number of nitrogens with one attached hydrogen (secondary N) is 1. The number of carbonyl (C=O) groups is 1. The Balaban J connectivity index is 1.43. The van der Waals surface area contributed by atoms with Gasteiger partial charge >= 0.3 is 0 Å². The number of aryl methyl sites for hydroxylation is 1. The van der Waals surface area contributed by atoms with Crippen LogP contribution in [-0.2, 0) is 12.8 Å². The molecule has 0 spiro atoms. The minimum absolute atomic E-state index is 0.0599. The number of hydrogen-bond acceptors (Lipinski definition) is 6. The minimum atomic E-state index is -0.0599. The minimum Gasteiger partial charge on any atom is -0.365 e. The van der Waals surface area contributed by atoms with Crippen molar-refractivity contribution < 1.29 is 4.79 Å². The molecule has 4 rings (SSSR count). The van der Waals surface area contributed by atoms with Crippen LogP contribution in [0, 0.1) is 0 Å². The van der Waals surface area contributed by atoms with Crippen molar-refractivity contribution in [3.63, 3.8) is 0 Å². The summed E-state index contributed by atoms with van der Waals surface area (Å²) in [6.07, 6.45) is 10.4. The predicted molar refractivity (Wildman–Crippen MR) is 84.0 cm³/mol. The Labute approximate surface area is 134 Å². The fourth-order valence-corrected chi connectivity index (χ4v) is 3.31. The van der Waals surface area contributed by atoms with Crippen LogP contribution in [-0.4, -0.2) is 49.9 Å². The summed E-state index contributed by atoms with van der Waals surface area (Å²) < 4.78 is 0. The molecule has 1 aliphatic carbocycles. The first-order valence-corrected chi connectivity index (χ1v) is 7.96. The summed E-state index contributed by atoms with van der Waals surface area (Å²) in [7, 11) is 0. The third-order valence-electron chi connectivity index (χ3n) is 4.47. The Bertz CT molecular complexity index is 720. The molecular weight excluding hydrogens is 292 g/mol. The summed E-state index contributed by atoms with van der Waals surface area (Å²) in [5, 5.41) is 3.50. The standard InChI is InChI=1S/C16H18N6O/c23-16(14-8-17-5-6-18-14)22-7-4-11(9-22)21-15-12-2-1-3-13(12)19-10-20-15/h5-6,8,10-11H,1-4,7,9H2,(H,19,20,21)/t11-/m0/s1. The van der Waals surface area contributed by atoms with E-state index in [9.17, 15) is 4.79 Å². The van der Waals surface area contributed by atoms with E-state index in [0.717, 1.165) is 43.7 Å². The SMILES string of the molecule is O=C(c1cnccn1)N1CC[C@H](Nc2ncnc3c2CCC3)C1. The van der Waals surface area contributed by atoms with Gasteiger partial charge in [-0.05, 0) is 25.7 Å². The van der Waals surface area contributed by atoms with E-state index in [0.29, 0.717) is 12.2 Å². The quantitative estimate of drug-likeness (QED) is 0.913. The fourth-order valence-electron chi connectivity index (χ4n) is 3.31. The van der Waals surface area contributed by atoms with Crippen molar-refractivity contribution in [2.75, 3.05) is 18.4 Å². The lowest BCUT2D eigenvalue weighted by molar-refractivity contribution is 0.0785. The number of hydrogen-bond donors (Lipinski definition) is 1. The van der Waals surface area contributed by atoms with Gasteiger partial charge in [0.1, 0.15) is 17.8 Å². The van der Waals surface area contributed by atoms with Crippen molar-refractivity contribution in [3.05, 3.63) is 41.9 Å². The van der Waals surface area contributed by atoms with E-state index in [4.69, 9.17) is 0 Å². The van der Waals surface area contributed by atoms with E-state index in [1.807, 2.05) is 4.90 Å². The number of aromatic nitrogens is 4. The summed E-state index contributed by atoms with van der Waals surface area (Å²) in [5.74, 6) is 0.876. The first kappa shape index (κ1) is 14.0. The van der Waals surface area contributed by atoms with E-state index < -0.39 is 0 Å². The molecule has 1 amide bonds. The maximum Gasteiger partial charge on any atom is 0.274 e. The van der Waals surface area contributed by atoms with Crippen LogP contribution in [0.1, 0.15) is 34.6 Å². The summed E-state index contributed by atoms with van der Waals surface area (Å²) >= 11 is 0. The van der Waals surface area contributed by atoms with Crippen molar-refractivity contribution in [3.8, 4) is 0 Å². The van der Waals surface area contributed by atoms with Gasteiger partial charge in [0.25, 0.3) is 5.91 Å². The van der Waals surface area contributed by atoms with Gasteiger partial charge in [0.2, 0.25) is 0 Å². The number of anilines is 1. The lowest BCUT2D eigenvalue weighted by atomic mass is 10.2. The molecule has 118 valence electrons. The third-order valence-corrected chi connectivity index (χ3v) is 4.47. The summed E-state index contributed by atoms with van der Waals surface area (Å²) in [5.41, 5.74) is 2.80. The monoisotopic (exact) mass is 310 g/mol. The van der Waals surface area contributed by atoms with Gasteiger partial charge in [0.05, 0.1) is 6.20 Å². The molecule has 1 aliphatic heterocycles. The molecule has 0 unspecified atom stereocenters. The average molecular weight is 310 g/mol. The van der Waals surface area contributed by atoms with E-state index >= 15 is 0 Å². The van der Waals surface area contributed by atoms with Crippen LogP contribution in [0.5, 0.6) is 0 Å². The summed E-state index contributed by atoms with van der Waals surface area (Å²) in [4.78, 5) is 31.0. The normalized spacial score (nSPS) is 19.7. The highest BCUT2D eigenvalue weighted by molar-refractivity contribution is 5.92. The van der Waals surface area contributed by atoms with Crippen molar-refractivity contribution in [1.29, 1.82) is 0 Å². The van der Waals surface area contributed by atoms with Crippen LogP contribution in [0.15, 0.2) is 24.9 Å². The zero-order valence-corrected chi connectivity index (χ0v) is 12.8. The smallest absolute Gasteiger partial charge is 0.274 e. The Morgan fingerprint density at radius 2 is 2.17 bits per heavy atom. The Morgan fingerprint density at radius 3 is 3.04 bits per heavy atom. The van der Waals surface area contributed by atoms with Gasteiger partial charge in [-0.25, -0.2) is 15.0 Å². The first-order chi connectivity index (χ1) is 11.3. The molecule has 7 nitrogen and oxygen atoms in total. The summed E-state index contributed by atoms with van der Waals surface area (Å²) in [6, 6.07) is 0.218. The highest BCUT2D eigenvalue weighted by Gasteiger charge is 2.29. The molecular formula is C16H18N6O. The molecule has 7 heteroatoms. The molecule has 0 bridgehead atoms. The molecule has 1 saturated heterocycles. The van der Waals surface area contributed by atoms with Crippen molar-refractivity contribution in [2.45, 2.75) is 31.7 Å². The Morgan fingerprint density at radius 1 is 1.22 bits per heavy atom. The Kier molecular flexibility index (Phi) is 3.61. The van der Waals surface area contributed by atoms with Gasteiger partial charge in [-0.3, -0.25) is 9.78 Å². The molecule has 23 heavy (non-hydrogen) atoms.